The van der Waals surface area contributed by atoms with Crippen molar-refractivity contribution >= 4 is 18.2 Å². The zero-order valence-corrected chi connectivity index (χ0v) is 8.80. The van der Waals surface area contributed by atoms with Gasteiger partial charge in [-0.05, 0) is 12.5 Å². The Morgan fingerprint density at radius 3 is 3.00 bits per heavy atom. The first kappa shape index (κ1) is 11.0. The highest BCUT2D eigenvalue weighted by atomic mass is 32.1. The summed E-state index contributed by atoms with van der Waals surface area (Å²) >= 11 is 4.06. The number of alkyl halides is 1. The van der Waals surface area contributed by atoms with E-state index >= 15 is 0 Å². The van der Waals surface area contributed by atoms with Crippen LogP contribution in [0.15, 0.2) is 28.8 Å². The third kappa shape index (κ3) is 2.73. The van der Waals surface area contributed by atoms with Gasteiger partial charge >= 0.3 is 0 Å². The van der Waals surface area contributed by atoms with Crippen LogP contribution in [-0.4, -0.2) is 11.8 Å². The molecule has 4 heteroatoms. The normalized spacial score (nSPS) is 12.6. The largest absolute Gasteiger partial charge is 0.360 e. The Kier molecular flexibility index (Phi) is 4.46. The fourth-order valence-electron chi connectivity index (χ4n) is 1.02. The van der Waals surface area contributed by atoms with E-state index in [0.717, 1.165) is 5.57 Å². The lowest BCUT2D eigenvalue weighted by molar-refractivity contribution is 0.393. The quantitative estimate of drug-likeness (QED) is 0.614. The molecule has 2 nitrogen and oxygen atoms in total. The van der Waals surface area contributed by atoms with Crippen LogP contribution in [0.25, 0.3) is 5.57 Å². The number of thiol groups is 1. The summed E-state index contributed by atoms with van der Waals surface area (Å²) < 4.78 is 16.9. The summed E-state index contributed by atoms with van der Waals surface area (Å²) in [6, 6.07) is 1.80. The number of aromatic nitrogens is 1. The highest BCUT2D eigenvalue weighted by Crippen LogP contribution is 2.16. The highest BCUT2D eigenvalue weighted by Gasteiger charge is 2.04. The third-order valence-corrected chi connectivity index (χ3v) is 2.02. The second-order valence-electron chi connectivity index (χ2n) is 2.64. The molecule has 0 aliphatic heterocycles. The predicted molar refractivity (Wildman–Crippen MR) is 58.0 cm³/mol. The van der Waals surface area contributed by atoms with Gasteiger partial charge in [0.15, 0.2) is 0 Å². The lowest BCUT2D eigenvalue weighted by Crippen LogP contribution is -1.79. The van der Waals surface area contributed by atoms with Gasteiger partial charge in [-0.2, -0.15) is 12.6 Å². The maximum atomic E-state index is 11.9. The van der Waals surface area contributed by atoms with Crippen LogP contribution < -0.4 is 0 Å². The maximum Gasteiger partial charge on any atom is 0.146 e. The molecule has 0 fully saturated rings. The number of allylic oxidation sites excluding steroid dienone is 4. The molecule has 0 radical (unpaired) electrons. The lowest BCUT2D eigenvalue weighted by Gasteiger charge is -1.92. The number of hydrogen-bond donors (Lipinski definition) is 1. The van der Waals surface area contributed by atoms with Crippen LogP contribution in [0.1, 0.15) is 18.4 Å². The fourth-order valence-corrected chi connectivity index (χ4v) is 1.17. The molecule has 0 bridgehead atoms. The lowest BCUT2D eigenvalue weighted by atomic mass is 10.1. The second kappa shape index (κ2) is 5.65. The SMILES string of the molecule is C/C=C(\C=C/CF)c1cc(CS)on1. The van der Waals surface area contributed by atoms with Crippen molar-refractivity contribution in [1.82, 2.24) is 5.16 Å². The molecule has 1 heterocycles. The van der Waals surface area contributed by atoms with E-state index < -0.39 is 6.67 Å². The van der Waals surface area contributed by atoms with Gasteiger partial charge in [0.05, 0.1) is 5.75 Å². The van der Waals surface area contributed by atoms with Gasteiger partial charge in [0.25, 0.3) is 0 Å². The topological polar surface area (TPSA) is 26.0 Å². The van der Waals surface area contributed by atoms with Crippen LogP contribution >= 0.6 is 12.6 Å². The molecule has 0 amide bonds. The van der Waals surface area contributed by atoms with E-state index in [4.69, 9.17) is 4.52 Å². The van der Waals surface area contributed by atoms with Gasteiger partial charge in [0, 0.05) is 6.07 Å². The summed E-state index contributed by atoms with van der Waals surface area (Å²) in [5.74, 6) is 1.22. The van der Waals surface area contributed by atoms with E-state index in [1.54, 1.807) is 12.1 Å². The molecule has 0 spiro atoms. The smallest absolute Gasteiger partial charge is 0.146 e. The van der Waals surface area contributed by atoms with Crippen molar-refractivity contribution < 1.29 is 8.91 Å². The van der Waals surface area contributed by atoms with Crippen LogP contribution in [-0.2, 0) is 5.75 Å². The molecule has 0 unspecified atom stereocenters. The molecule has 76 valence electrons. The molecule has 0 N–H and O–H groups in total. The fraction of sp³-hybridized carbons (Fsp3) is 0.300. The first-order chi connectivity index (χ1) is 6.81. The Bertz CT molecular complexity index is 344. The van der Waals surface area contributed by atoms with Gasteiger partial charge in [-0.1, -0.05) is 23.4 Å². The summed E-state index contributed by atoms with van der Waals surface area (Å²) in [6.45, 7) is 1.39. The van der Waals surface area contributed by atoms with Crippen molar-refractivity contribution in [3.63, 3.8) is 0 Å². The van der Waals surface area contributed by atoms with Gasteiger partial charge in [0.1, 0.15) is 18.1 Å². The van der Waals surface area contributed by atoms with E-state index in [-0.39, 0.29) is 0 Å². The second-order valence-corrected chi connectivity index (χ2v) is 2.95. The Morgan fingerprint density at radius 2 is 2.50 bits per heavy atom. The van der Waals surface area contributed by atoms with Crippen molar-refractivity contribution in [2.45, 2.75) is 12.7 Å². The minimum atomic E-state index is -0.478. The monoisotopic (exact) mass is 213 g/mol. The molecule has 1 aromatic rings. The number of halogens is 1. The average molecular weight is 213 g/mol. The Hall–Kier alpha value is -1.03. The molecule has 0 saturated heterocycles. The van der Waals surface area contributed by atoms with Crippen molar-refractivity contribution in [2.24, 2.45) is 0 Å². The molecule has 0 atom stereocenters. The maximum absolute atomic E-state index is 11.9. The van der Waals surface area contributed by atoms with Gasteiger partial charge in [-0.25, -0.2) is 4.39 Å². The van der Waals surface area contributed by atoms with E-state index in [2.05, 4.69) is 17.8 Å². The van der Waals surface area contributed by atoms with Crippen LogP contribution in [0.2, 0.25) is 0 Å². The molecule has 1 rings (SSSR count). The standard InChI is InChI=1S/C10H12FNOS/c1-2-8(4-3-5-11)10-6-9(7-14)13-12-10/h2-4,6,14H,5,7H2,1H3/b4-3-,8-2+. The van der Waals surface area contributed by atoms with Crippen molar-refractivity contribution in [1.29, 1.82) is 0 Å². The van der Waals surface area contributed by atoms with Gasteiger partial charge in [0.2, 0.25) is 0 Å². The van der Waals surface area contributed by atoms with E-state index in [9.17, 15) is 4.39 Å². The van der Waals surface area contributed by atoms with Gasteiger partial charge < -0.3 is 4.52 Å². The zero-order chi connectivity index (χ0) is 10.4. The van der Waals surface area contributed by atoms with Crippen LogP contribution in [0.4, 0.5) is 4.39 Å². The molecular weight excluding hydrogens is 201 g/mol. The summed E-state index contributed by atoms with van der Waals surface area (Å²) in [5, 5.41) is 3.85. The van der Waals surface area contributed by atoms with Crippen molar-refractivity contribution in [3.8, 4) is 0 Å². The third-order valence-electron chi connectivity index (χ3n) is 1.71. The van der Waals surface area contributed by atoms with Crippen LogP contribution in [0, 0.1) is 0 Å². The van der Waals surface area contributed by atoms with Crippen LogP contribution in [0.5, 0.6) is 0 Å². The van der Waals surface area contributed by atoms with Crippen molar-refractivity contribution in [2.75, 3.05) is 6.67 Å². The first-order valence-corrected chi connectivity index (χ1v) is 4.90. The van der Waals surface area contributed by atoms with E-state index in [1.165, 1.54) is 6.08 Å². The summed E-state index contributed by atoms with van der Waals surface area (Å²) in [7, 11) is 0. The highest BCUT2D eigenvalue weighted by molar-refractivity contribution is 7.79. The zero-order valence-electron chi connectivity index (χ0n) is 7.90. The van der Waals surface area contributed by atoms with Gasteiger partial charge in [-0.3, -0.25) is 0 Å². The molecule has 0 aliphatic carbocycles. The first-order valence-electron chi connectivity index (χ1n) is 4.27. The average Bonchev–Trinajstić information content (AvgIpc) is 2.68. The molecule has 0 aromatic carbocycles. The molecular formula is C10H12FNOS. The van der Waals surface area contributed by atoms with Crippen LogP contribution in [0.3, 0.4) is 0 Å². The Morgan fingerprint density at radius 1 is 1.71 bits per heavy atom. The minimum Gasteiger partial charge on any atom is -0.360 e. The number of hydrogen-bond acceptors (Lipinski definition) is 3. The predicted octanol–water partition coefficient (Wildman–Crippen LogP) is 3.03. The summed E-state index contributed by atoms with van der Waals surface area (Å²) in [6.07, 6.45) is 4.97. The van der Waals surface area contributed by atoms with Gasteiger partial charge in [-0.15, -0.1) is 0 Å². The van der Waals surface area contributed by atoms with E-state index in [0.29, 0.717) is 17.2 Å². The Labute approximate surface area is 87.9 Å². The summed E-state index contributed by atoms with van der Waals surface area (Å²) in [5.41, 5.74) is 1.56. The molecule has 0 saturated carbocycles. The molecule has 14 heavy (non-hydrogen) atoms. The minimum absolute atomic E-state index is 0.478. The Balaban J connectivity index is 2.85. The van der Waals surface area contributed by atoms with E-state index in [1.807, 2.05) is 13.0 Å². The number of rotatable bonds is 4. The number of nitrogens with zero attached hydrogens (tertiary/aromatic N) is 1. The molecule has 1 aromatic heterocycles. The van der Waals surface area contributed by atoms with Crippen molar-refractivity contribution in [3.05, 3.63) is 35.7 Å². The summed E-state index contributed by atoms with van der Waals surface area (Å²) in [4.78, 5) is 0. The molecule has 0 aliphatic rings.